The Balaban J connectivity index is 2.65. The van der Waals surface area contributed by atoms with E-state index < -0.39 is 11.8 Å². The summed E-state index contributed by atoms with van der Waals surface area (Å²) in [5, 5.41) is 16.5. The molecule has 1 heterocycles. The molecule has 2 aromatic rings. The number of carbonyl (C=O) groups is 1. The second-order valence-electron chi connectivity index (χ2n) is 4.65. The Morgan fingerprint density at radius 1 is 1.42 bits per heavy atom. The van der Waals surface area contributed by atoms with Crippen molar-refractivity contribution in [1.29, 1.82) is 0 Å². The predicted molar refractivity (Wildman–Crippen MR) is 67.1 cm³/mol. The largest absolute Gasteiger partial charge is 0.476 e. The minimum absolute atomic E-state index is 0.137. The van der Waals surface area contributed by atoms with Crippen LogP contribution in [0.5, 0.6) is 0 Å². The standard InChI is InChI=1S/C13H14FN3O2/c1-7(2)12-11(13(18)19)15-16-17(12)10-5-4-8(3)6-9(10)14/h4-7H,1-3H3,(H,18,19). The quantitative estimate of drug-likeness (QED) is 0.924. The van der Waals surface area contributed by atoms with Crippen LogP contribution in [0, 0.1) is 12.7 Å². The summed E-state index contributed by atoms with van der Waals surface area (Å²) in [7, 11) is 0. The van der Waals surface area contributed by atoms with Crippen molar-refractivity contribution < 1.29 is 14.3 Å². The molecule has 1 aromatic heterocycles. The summed E-state index contributed by atoms with van der Waals surface area (Å²) in [5.74, 6) is -1.76. The number of aromatic nitrogens is 3. The van der Waals surface area contributed by atoms with Crippen molar-refractivity contribution in [1.82, 2.24) is 15.0 Å². The fourth-order valence-corrected chi connectivity index (χ4v) is 1.92. The molecule has 1 aromatic carbocycles. The number of aromatic carboxylic acids is 1. The van der Waals surface area contributed by atoms with Gasteiger partial charge in [0.15, 0.2) is 5.69 Å². The second-order valence-corrected chi connectivity index (χ2v) is 4.65. The fraction of sp³-hybridized carbons (Fsp3) is 0.308. The van der Waals surface area contributed by atoms with Gasteiger partial charge in [-0.3, -0.25) is 0 Å². The van der Waals surface area contributed by atoms with Crippen molar-refractivity contribution in [2.45, 2.75) is 26.7 Å². The highest BCUT2D eigenvalue weighted by Gasteiger charge is 2.23. The van der Waals surface area contributed by atoms with Gasteiger partial charge in [0.2, 0.25) is 0 Å². The van der Waals surface area contributed by atoms with Gasteiger partial charge >= 0.3 is 5.97 Å². The normalized spacial score (nSPS) is 11.0. The molecule has 0 saturated heterocycles. The number of rotatable bonds is 3. The topological polar surface area (TPSA) is 68.0 Å². The van der Waals surface area contributed by atoms with Gasteiger partial charge in [0.25, 0.3) is 0 Å². The Morgan fingerprint density at radius 3 is 2.63 bits per heavy atom. The van der Waals surface area contributed by atoms with Gasteiger partial charge in [-0.05, 0) is 30.5 Å². The maximum absolute atomic E-state index is 14.0. The molecule has 0 bridgehead atoms. The first-order chi connectivity index (χ1) is 8.91. The highest BCUT2D eigenvalue weighted by Crippen LogP contribution is 2.23. The molecular weight excluding hydrogens is 249 g/mol. The van der Waals surface area contributed by atoms with Gasteiger partial charge in [0.1, 0.15) is 11.5 Å². The molecule has 6 heteroatoms. The molecule has 0 aliphatic carbocycles. The van der Waals surface area contributed by atoms with Crippen LogP contribution in [-0.2, 0) is 0 Å². The van der Waals surface area contributed by atoms with Gasteiger partial charge in [-0.2, -0.15) is 0 Å². The van der Waals surface area contributed by atoms with Crippen LogP contribution >= 0.6 is 0 Å². The smallest absolute Gasteiger partial charge is 0.358 e. The molecule has 19 heavy (non-hydrogen) atoms. The summed E-state index contributed by atoms with van der Waals surface area (Å²) < 4.78 is 15.2. The van der Waals surface area contributed by atoms with Crippen LogP contribution < -0.4 is 0 Å². The molecule has 0 fully saturated rings. The van der Waals surface area contributed by atoms with Crippen LogP contribution in [0.2, 0.25) is 0 Å². The molecule has 0 unspecified atom stereocenters. The molecule has 0 saturated carbocycles. The van der Waals surface area contributed by atoms with E-state index in [9.17, 15) is 9.18 Å². The third kappa shape index (κ3) is 2.33. The van der Waals surface area contributed by atoms with Crippen LogP contribution in [-0.4, -0.2) is 26.1 Å². The SMILES string of the molecule is Cc1ccc(-n2nnc(C(=O)O)c2C(C)C)c(F)c1. The van der Waals surface area contributed by atoms with E-state index in [2.05, 4.69) is 10.3 Å². The van der Waals surface area contributed by atoms with Crippen LogP contribution in [0.3, 0.4) is 0 Å². The maximum atomic E-state index is 14.0. The molecule has 5 nitrogen and oxygen atoms in total. The van der Waals surface area contributed by atoms with Crippen molar-refractivity contribution in [3.8, 4) is 5.69 Å². The van der Waals surface area contributed by atoms with Crippen LogP contribution in [0.15, 0.2) is 18.2 Å². The van der Waals surface area contributed by atoms with Gasteiger partial charge in [-0.25, -0.2) is 13.9 Å². The predicted octanol–water partition coefficient (Wildman–Crippen LogP) is 2.54. The number of aryl methyl sites for hydroxylation is 1. The monoisotopic (exact) mass is 263 g/mol. The summed E-state index contributed by atoms with van der Waals surface area (Å²) in [6, 6.07) is 4.68. The van der Waals surface area contributed by atoms with Gasteiger partial charge in [0.05, 0.1) is 5.69 Å². The molecule has 0 amide bonds. The summed E-state index contributed by atoms with van der Waals surface area (Å²) in [6.45, 7) is 5.40. The van der Waals surface area contributed by atoms with Crippen molar-refractivity contribution >= 4 is 5.97 Å². The lowest BCUT2D eigenvalue weighted by Crippen LogP contribution is -2.09. The summed E-state index contributed by atoms with van der Waals surface area (Å²) >= 11 is 0. The Hall–Kier alpha value is -2.24. The van der Waals surface area contributed by atoms with E-state index in [0.29, 0.717) is 5.69 Å². The first-order valence-corrected chi connectivity index (χ1v) is 5.87. The maximum Gasteiger partial charge on any atom is 0.358 e. The van der Waals surface area contributed by atoms with E-state index in [4.69, 9.17) is 5.11 Å². The van der Waals surface area contributed by atoms with Crippen LogP contribution in [0.4, 0.5) is 4.39 Å². The van der Waals surface area contributed by atoms with E-state index in [0.717, 1.165) is 5.56 Å². The minimum atomic E-state index is -1.16. The number of hydrogen-bond donors (Lipinski definition) is 1. The minimum Gasteiger partial charge on any atom is -0.476 e. The number of hydrogen-bond acceptors (Lipinski definition) is 3. The van der Waals surface area contributed by atoms with Crippen molar-refractivity contribution in [2.24, 2.45) is 0 Å². The molecule has 2 rings (SSSR count). The highest BCUT2D eigenvalue weighted by atomic mass is 19.1. The van der Waals surface area contributed by atoms with E-state index in [-0.39, 0.29) is 17.3 Å². The molecule has 0 spiro atoms. The van der Waals surface area contributed by atoms with Crippen LogP contribution in [0.25, 0.3) is 5.69 Å². The lowest BCUT2D eigenvalue weighted by molar-refractivity contribution is 0.0688. The average Bonchev–Trinajstić information content (AvgIpc) is 2.73. The zero-order valence-electron chi connectivity index (χ0n) is 10.9. The molecular formula is C13H14FN3O2. The Bertz CT molecular complexity index is 635. The third-order valence-corrected chi connectivity index (χ3v) is 2.79. The number of benzene rings is 1. The number of halogens is 1. The van der Waals surface area contributed by atoms with Crippen molar-refractivity contribution in [3.05, 3.63) is 41.0 Å². The number of nitrogens with zero attached hydrogens (tertiary/aromatic N) is 3. The highest BCUT2D eigenvalue weighted by molar-refractivity contribution is 5.86. The fourth-order valence-electron chi connectivity index (χ4n) is 1.92. The first kappa shape index (κ1) is 13.2. The van der Waals surface area contributed by atoms with Crippen molar-refractivity contribution in [3.63, 3.8) is 0 Å². The van der Waals surface area contributed by atoms with Gasteiger partial charge < -0.3 is 5.11 Å². The number of carboxylic acids is 1. The number of carboxylic acid groups (broad SMARTS) is 1. The summed E-state index contributed by atoms with van der Waals surface area (Å²) in [4.78, 5) is 11.1. The molecule has 0 aliphatic heterocycles. The van der Waals surface area contributed by atoms with E-state index in [1.165, 1.54) is 10.7 Å². The average molecular weight is 263 g/mol. The van der Waals surface area contributed by atoms with E-state index >= 15 is 0 Å². The first-order valence-electron chi connectivity index (χ1n) is 5.87. The molecule has 0 radical (unpaired) electrons. The Labute approximate surface area is 109 Å². The molecule has 0 atom stereocenters. The molecule has 100 valence electrons. The van der Waals surface area contributed by atoms with Crippen LogP contribution in [0.1, 0.15) is 41.5 Å². The zero-order chi connectivity index (χ0) is 14.2. The van der Waals surface area contributed by atoms with Gasteiger partial charge in [0, 0.05) is 0 Å². The summed E-state index contributed by atoms with van der Waals surface area (Å²) in [5.41, 5.74) is 1.23. The molecule has 0 aliphatic rings. The molecule has 1 N–H and O–H groups in total. The zero-order valence-corrected chi connectivity index (χ0v) is 10.9. The Kier molecular flexibility index (Phi) is 3.33. The van der Waals surface area contributed by atoms with Gasteiger partial charge in [-0.15, -0.1) is 5.10 Å². The Morgan fingerprint density at radius 2 is 2.11 bits per heavy atom. The van der Waals surface area contributed by atoms with Gasteiger partial charge in [-0.1, -0.05) is 25.1 Å². The lowest BCUT2D eigenvalue weighted by atomic mass is 10.1. The van der Waals surface area contributed by atoms with E-state index in [1.54, 1.807) is 19.1 Å². The lowest BCUT2D eigenvalue weighted by Gasteiger charge is -2.10. The third-order valence-electron chi connectivity index (χ3n) is 2.79. The second kappa shape index (κ2) is 4.79. The summed E-state index contributed by atoms with van der Waals surface area (Å²) in [6.07, 6.45) is 0. The van der Waals surface area contributed by atoms with E-state index in [1.807, 2.05) is 13.8 Å². The van der Waals surface area contributed by atoms with Crippen molar-refractivity contribution in [2.75, 3.05) is 0 Å².